The monoisotopic (exact) mass is 483 g/mol. The third-order valence-corrected chi connectivity index (χ3v) is 6.77. The molecule has 0 radical (unpaired) electrons. The first-order valence-electron chi connectivity index (χ1n) is 11.1. The number of hydrogen-bond acceptors (Lipinski definition) is 4. The lowest BCUT2D eigenvalue weighted by molar-refractivity contribution is -0.134. The van der Waals surface area contributed by atoms with Gasteiger partial charge in [0.05, 0.1) is 16.1 Å². The maximum absolute atomic E-state index is 13.1. The van der Waals surface area contributed by atoms with E-state index in [-0.39, 0.29) is 18.6 Å². The van der Waals surface area contributed by atoms with Gasteiger partial charge in [0.25, 0.3) is 5.91 Å². The summed E-state index contributed by atoms with van der Waals surface area (Å²) in [6.45, 7) is 2.85. The lowest BCUT2D eigenvalue weighted by Crippen LogP contribution is -2.40. The molecule has 1 aliphatic rings. The molecule has 0 aliphatic carbocycles. The Labute approximate surface area is 204 Å². The Kier molecular flexibility index (Phi) is 7.86. The van der Waals surface area contributed by atoms with Crippen molar-refractivity contribution in [3.05, 3.63) is 82.6 Å². The zero-order chi connectivity index (χ0) is 23.2. The van der Waals surface area contributed by atoms with Gasteiger partial charge in [-0.2, -0.15) is 0 Å². The Morgan fingerprint density at radius 2 is 1.82 bits per heavy atom. The highest BCUT2D eigenvalue weighted by Gasteiger charge is 2.26. The number of nitrogens with zero attached hydrogens (tertiary/aromatic N) is 3. The number of amides is 1. The van der Waals surface area contributed by atoms with E-state index in [9.17, 15) is 4.79 Å². The third kappa shape index (κ3) is 6.05. The van der Waals surface area contributed by atoms with Gasteiger partial charge in [-0.1, -0.05) is 53.5 Å². The first-order chi connectivity index (χ1) is 16.0. The summed E-state index contributed by atoms with van der Waals surface area (Å²) in [7, 11) is 1.84. The normalized spacial score (nSPS) is 14.8. The average molecular weight is 484 g/mol. The molecule has 1 unspecified atom stereocenters. The average Bonchev–Trinajstić information content (AvgIpc) is 3.37. The fourth-order valence-corrected chi connectivity index (χ4v) is 4.37. The van der Waals surface area contributed by atoms with E-state index in [2.05, 4.69) is 34.1 Å². The number of ether oxygens (including phenoxy) is 1. The fraction of sp³-hybridized carbons (Fsp3) is 0.308. The van der Waals surface area contributed by atoms with Gasteiger partial charge in [0.1, 0.15) is 5.75 Å². The molecule has 3 aromatic rings. The Balaban J connectivity index is 1.49. The summed E-state index contributed by atoms with van der Waals surface area (Å²) in [5.41, 5.74) is 3.27. The molecule has 1 atom stereocenters. The van der Waals surface area contributed by atoms with E-state index in [1.165, 1.54) is 12.8 Å². The molecule has 172 valence electrons. The first kappa shape index (κ1) is 23.6. The molecule has 7 heteroatoms. The first-order valence-corrected chi connectivity index (χ1v) is 11.8. The van der Waals surface area contributed by atoms with Crippen LogP contribution in [0.25, 0.3) is 11.1 Å². The molecule has 1 fully saturated rings. The van der Waals surface area contributed by atoms with Gasteiger partial charge in [-0.15, -0.1) is 0 Å². The Hall–Kier alpha value is -2.60. The van der Waals surface area contributed by atoms with Crippen molar-refractivity contribution in [3.8, 4) is 16.9 Å². The summed E-state index contributed by atoms with van der Waals surface area (Å²) >= 11 is 12.0. The number of rotatable bonds is 8. The van der Waals surface area contributed by atoms with Gasteiger partial charge < -0.3 is 14.5 Å². The molecule has 1 aromatic heterocycles. The molecule has 0 spiro atoms. The van der Waals surface area contributed by atoms with Crippen LogP contribution in [0.3, 0.4) is 0 Å². The molecule has 0 N–H and O–H groups in total. The highest BCUT2D eigenvalue weighted by atomic mass is 35.5. The second-order valence-electron chi connectivity index (χ2n) is 8.26. The zero-order valence-corrected chi connectivity index (χ0v) is 20.1. The number of pyridine rings is 1. The molecule has 33 heavy (non-hydrogen) atoms. The van der Waals surface area contributed by atoms with E-state index in [4.69, 9.17) is 27.9 Å². The smallest absolute Gasteiger partial charge is 0.260 e. The van der Waals surface area contributed by atoms with Gasteiger partial charge >= 0.3 is 0 Å². The minimum atomic E-state index is -0.0957. The minimum absolute atomic E-state index is 0.0707. The van der Waals surface area contributed by atoms with Crippen LogP contribution in [-0.4, -0.2) is 54.0 Å². The number of benzene rings is 2. The van der Waals surface area contributed by atoms with Crippen LogP contribution in [0.5, 0.6) is 5.75 Å². The number of carbonyl (C=O) groups is 1. The summed E-state index contributed by atoms with van der Waals surface area (Å²) in [5.74, 6) is 0.421. The van der Waals surface area contributed by atoms with Crippen LogP contribution in [0.15, 0.2) is 67.0 Å². The van der Waals surface area contributed by atoms with Crippen LogP contribution >= 0.6 is 23.2 Å². The molecule has 0 saturated carbocycles. The number of hydrogen-bond donors (Lipinski definition) is 0. The van der Waals surface area contributed by atoms with Crippen LogP contribution in [0.2, 0.25) is 10.0 Å². The summed E-state index contributed by atoms with van der Waals surface area (Å²) in [6, 6.07) is 17.3. The van der Waals surface area contributed by atoms with Crippen molar-refractivity contribution in [1.29, 1.82) is 0 Å². The quantitative estimate of drug-likeness (QED) is 0.410. The summed E-state index contributed by atoms with van der Waals surface area (Å²) in [5, 5.41) is 0.850. The number of halogens is 2. The van der Waals surface area contributed by atoms with Crippen molar-refractivity contribution in [2.24, 2.45) is 0 Å². The zero-order valence-electron chi connectivity index (χ0n) is 18.6. The number of likely N-dealkylation sites (tertiary alicyclic amines) is 1. The highest BCUT2D eigenvalue weighted by molar-refractivity contribution is 6.42. The number of aromatic nitrogens is 1. The van der Waals surface area contributed by atoms with E-state index < -0.39 is 0 Å². The highest BCUT2D eigenvalue weighted by Crippen LogP contribution is 2.28. The molecule has 5 nitrogen and oxygen atoms in total. The molecule has 4 rings (SSSR count). The molecular formula is C26H27Cl2N3O2. The van der Waals surface area contributed by atoms with Crippen LogP contribution < -0.4 is 4.74 Å². The second kappa shape index (κ2) is 11.0. The van der Waals surface area contributed by atoms with E-state index >= 15 is 0 Å². The lowest BCUT2D eigenvalue weighted by atomic mass is 10.0. The van der Waals surface area contributed by atoms with E-state index in [1.54, 1.807) is 29.3 Å². The van der Waals surface area contributed by atoms with E-state index in [0.29, 0.717) is 15.8 Å². The van der Waals surface area contributed by atoms with Gasteiger partial charge in [-0.05, 0) is 60.8 Å². The largest absolute Gasteiger partial charge is 0.484 e. The van der Waals surface area contributed by atoms with Crippen LogP contribution in [0.1, 0.15) is 24.4 Å². The van der Waals surface area contributed by atoms with Crippen LogP contribution in [-0.2, 0) is 4.79 Å². The van der Waals surface area contributed by atoms with E-state index in [0.717, 1.165) is 36.3 Å². The van der Waals surface area contributed by atoms with Gasteiger partial charge in [0, 0.05) is 32.1 Å². The topological polar surface area (TPSA) is 45.7 Å². The third-order valence-electron chi connectivity index (χ3n) is 6.03. The van der Waals surface area contributed by atoms with Crippen LogP contribution in [0, 0.1) is 0 Å². The summed E-state index contributed by atoms with van der Waals surface area (Å²) in [4.78, 5) is 21.5. The van der Waals surface area contributed by atoms with Crippen molar-refractivity contribution in [1.82, 2.24) is 14.8 Å². The summed E-state index contributed by atoms with van der Waals surface area (Å²) in [6.07, 6.45) is 6.02. The Morgan fingerprint density at radius 3 is 2.48 bits per heavy atom. The van der Waals surface area contributed by atoms with Crippen LogP contribution in [0.4, 0.5) is 0 Å². The van der Waals surface area contributed by atoms with Crippen molar-refractivity contribution >= 4 is 29.1 Å². The maximum atomic E-state index is 13.1. The van der Waals surface area contributed by atoms with Gasteiger partial charge in [-0.25, -0.2) is 0 Å². The Morgan fingerprint density at radius 1 is 1.06 bits per heavy atom. The Bertz CT molecular complexity index is 1070. The number of carbonyl (C=O) groups excluding carboxylic acids is 1. The maximum Gasteiger partial charge on any atom is 0.260 e. The fourth-order valence-electron chi connectivity index (χ4n) is 4.08. The molecular weight excluding hydrogens is 457 g/mol. The molecule has 2 heterocycles. The predicted molar refractivity (Wildman–Crippen MR) is 133 cm³/mol. The minimum Gasteiger partial charge on any atom is -0.484 e. The van der Waals surface area contributed by atoms with Crippen molar-refractivity contribution in [3.63, 3.8) is 0 Å². The summed E-state index contributed by atoms with van der Waals surface area (Å²) < 4.78 is 5.70. The second-order valence-corrected chi connectivity index (χ2v) is 9.07. The van der Waals surface area contributed by atoms with Gasteiger partial charge in [-0.3, -0.25) is 9.78 Å². The predicted octanol–water partition coefficient (Wildman–Crippen LogP) is 5.73. The van der Waals surface area contributed by atoms with Crippen molar-refractivity contribution in [2.75, 3.05) is 33.3 Å². The molecule has 1 saturated heterocycles. The number of likely N-dealkylation sites (N-methyl/N-ethyl adjacent to an activating group) is 1. The van der Waals surface area contributed by atoms with E-state index in [1.807, 2.05) is 25.4 Å². The molecule has 2 aromatic carbocycles. The molecule has 1 aliphatic heterocycles. The standard InChI is InChI=1S/C26H27Cl2N3O2/c1-30(26(32)18-33-22-10-11-23(27)24(28)15-22)25(17-31-13-2-3-14-31)20-8-6-19(7-9-20)21-5-4-12-29-16-21/h4-12,15-16,25H,2-3,13-14,17-18H2,1H3. The van der Waals surface area contributed by atoms with Crippen molar-refractivity contribution in [2.45, 2.75) is 18.9 Å². The molecule has 0 bridgehead atoms. The van der Waals surface area contributed by atoms with Gasteiger partial charge in [0.2, 0.25) is 0 Å². The molecule has 1 amide bonds. The SMILES string of the molecule is CN(C(=O)COc1ccc(Cl)c(Cl)c1)C(CN1CCCC1)c1ccc(-c2cccnc2)cc1. The van der Waals surface area contributed by atoms with Gasteiger partial charge in [0.15, 0.2) is 6.61 Å². The lowest BCUT2D eigenvalue weighted by Gasteiger charge is -2.32. The van der Waals surface area contributed by atoms with Crippen molar-refractivity contribution < 1.29 is 9.53 Å².